The van der Waals surface area contributed by atoms with Crippen LogP contribution in [0.15, 0.2) is 23.2 Å². The van der Waals surface area contributed by atoms with Gasteiger partial charge in [0.1, 0.15) is 5.83 Å². The second-order valence-electron chi connectivity index (χ2n) is 2.50. The third-order valence-electron chi connectivity index (χ3n) is 1.76. The van der Waals surface area contributed by atoms with E-state index in [-0.39, 0.29) is 5.83 Å². The lowest BCUT2D eigenvalue weighted by atomic mass is 10.0. The normalized spacial score (nSPS) is 18.9. The molecule has 0 heterocycles. The van der Waals surface area contributed by atoms with Crippen LogP contribution in [0.1, 0.15) is 19.8 Å². The zero-order valence-electron chi connectivity index (χ0n) is 6.37. The minimum atomic E-state index is -0.00324. The van der Waals surface area contributed by atoms with Crippen molar-refractivity contribution in [2.75, 3.05) is 7.05 Å². The summed E-state index contributed by atoms with van der Waals surface area (Å²) in [7, 11) is 1.87. The van der Waals surface area contributed by atoms with E-state index >= 15 is 0 Å². The predicted molar refractivity (Wildman–Crippen MR) is 40.2 cm³/mol. The smallest absolute Gasteiger partial charge is 0.101 e. The standard InChI is InChI=1S/C8H12FN/c1-6-5-7(9)3-4-8(6)10-2/h5,10H,3-4H2,1-2H3. The van der Waals surface area contributed by atoms with Gasteiger partial charge in [0.25, 0.3) is 0 Å². The fourth-order valence-corrected chi connectivity index (χ4v) is 1.16. The van der Waals surface area contributed by atoms with E-state index in [2.05, 4.69) is 5.32 Å². The van der Waals surface area contributed by atoms with Gasteiger partial charge in [0.05, 0.1) is 0 Å². The van der Waals surface area contributed by atoms with Crippen molar-refractivity contribution in [3.63, 3.8) is 0 Å². The number of hydrogen-bond donors (Lipinski definition) is 1. The minimum absolute atomic E-state index is 0.00324. The summed E-state index contributed by atoms with van der Waals surface area (Å²) in [6, 6.07) is 0. The summed E-state index contributed by atoms with van der Waals surface area (Å²) in [4.78, 5) is 0. The molecule has 1 nitrogen and oxygen atoms in total. The summed E-state index contributed by atoms with van der Waals surface area (Å²) in [5.74, 6) is -0.00324. The van der Waals surface area contributed by atoms with Crippen LogP contribution in [0.4, 0.5) is 4.39 Å². The first-order valence-corrected chi connectivity index (χ1v) is 3.47. The molecule has 0 spiro atoms. The van der Waals surface area contributed by atoms with Crippen LogP contribution in [0, 0.1) is 0 Å². The van der Waals surface area contributed by atoms with E-state index in [0.29, 0.717) is 6.42 Å². The van der Waals surface area contributed by atoms with E-state index in [1.807, 2.05) is 14.0 Å². The molecule has 0 radical (unpaired) electrons. The molecule has 0 aromatic rings. The second kappa shape index (κ2) is 2.86. The lowest BCUT2D eigenvalue weighted by Crippen LogP contribution is -2.10. The van der Waals surface area contributed by atoms with E-state index in [4.69, 9.17) is 0 Å². The van der Waals surface area contributed by atoms with Gasteiger partial charge in [0, 0.05) is 19.2 Å². The Balaban J connectivity index is 2.80. The number of halogens is 1. The molecule has 0 aliphatic heterocycles. The Bertz CT molecular complexity index is 191. The van der Waals surface area contributed by atoms with Gasteiger partial charge in [0.2, 0.25) is 0 Å². The van der Waals surface area contributed by atoms with Crippen LogP contribution in [0.5, 0.6) is 0 Å². The highest BCUT2D eigenvalue weighted by molar-refractivity contribution is 5.28. The van der Waals surface area contributed by atoms with Crippen molar-refractivity contribution in [1.29, 1.82) is 0 Å². The van der Waals surface area contributed by atoms with Crippen LogP contribution in [-0.2, 0) is 0 Å². The number of nitrogens with one attached hydrogen (secondary N) is 1. The van der Waals surface area contributed by atoms with Gasteiger partial charge in [-0.1, -0.05) is 0 Å². The van der Waals surface area contributed by atoms with Crippen LogP contribution in [-0.4, -0.2) is 7.05 Å². The van der Waals surface area contributed by atoms with Crippen molar-refractivity contribution in [2.24, 2.45) is 0 Å². The molecular weight excluding hydrogens is 129 g/mol. The van der Waals surface area contributed by atoms with Gasteiger partial charge in [0.15, 0.2) is 0 Å². The third-order valence-corrected chi connectivity index (χ3v) is 1.76. The van der Waals surface area contributed by atoms with Crippen LogP contribution in [0.3, 0.4) is 0 Å². The van der Waals surface area contributed by atoms with Crippen molar-refractivity contribution in [2.45, 2.75) is 19.8 Å². The molecule has 56 valence electrons. The first-order valence-electron chi connectivity index (χ1n) is 3.47. The molecule has 1 aliphatic rings. The quantitative estimate of drug-likeness (QED) is 0.589. The summed E-state index contributed by atoms with van der Waals surface area (Å²) in [6.07, 6.45) is 2.95. The monoisotopic (exact) mass is 141 g/mol. The van der Waals surface area contributed by atoms with Gasteiger partial charge < -0.3 is 5.32 Å². The highest BCUT2D eigenvalue weighted by Gasteiger charge is 2.07. The molecule has 2 heteroatoms. The second-order valence-corrected chi connectivity index (χ2v) is 2.50. The molecule has 1 aliphatic carbocycles. The van der Waals surface area contributed by atoms with Crippen molar-refractivity contribution in [1.82, 2.24) is 5.32 Å². The first-order chi connectivity index (χ1) is 4.74. The molecule has 0 fully saturated rings. The van der Waals surface area contributed by atoms with E-state index < -0.39 is 0 Å². The Morgan fingerprint density at radius 2 is 2.20 bits per heavy atom. The Kier molecular flexibility index (Phi) is 2.10. The van der Waals surface area contributed by atoms with E-state index in [1.54, 1.807) is 6.08 Å². The maximum atomic E-state index is 12.5. The SMILES string of the molecule is CNC1=C(C)C=C(F)CC1. The maximum absolute atomic E-state index is 12.5. The van der Waals surface area contributed by atoms with Gasteiger partial charge >= 0.3 is 0 Å². The summed E-state index contributed by atoms with van der Waals surface area (Å²) in [6.45, 7) is 1.92. The number of hydrogen-bond acceptors (Lipinski definition) is 1. The molecule has 0 unspecified atom stereocenters. The summed E-state index contributed by atoms with van der Waals surface area (Å²) < 4.78 is 12.5. The van der Waals surface area contributed by atoms with Crippen molar-refractivity contribution in [3.8, 4) is 0 Å². The maximum Gasteiger partial charge on any atom is 0.101 e. The molecule has 1 N–H and O–H groups in total. The fraction of sp³-hybridized carbons (Fsp3) is 0.500. The van der Waals surface area contributed by atoms with Crippen molar-refractivity contribution >= 4 is 0 Å². The first kappa shape index (κ1) is 7.32. The van der Waals surface area contributed by atoms with Crippen LogP contribution in [0.2, 0.25) is 0 Å². The molecule has 0 atom stereocenters. The molecule has 0 saturated heterocycles. The number of allylic oxidation sites excluding steroid dienone is 4. The van der Waals surface area contributed by atoms with Gasteiger partial charge in [-0.25, -0.2) is 4.39 Å². The molecular formula is C8H12FN. The highest BCUT2D eigenvalue weighted by Crippen LogP contribution is 2.21. The Morgan fingerprint density at radius 3 is 2.70 bits per heavy atom. The minimum Gasteiger partial charge on any atom is -0.391 e. The van der Waals surface area contributed by atoms with Crippen LogP contribution < -0.4 is 5.32 Å². The van der Waals surface area contributed by atoms with E-state index in [0.717, 1.165) is 17.7 Å². The molecule has 10 heavy (non-hydrogen) atoms. The molecule has 0 aromatic carbocycles. The molecule has 0 bridgehead atoms. The van der Waals surface area contributed by atoms with Gasteiger partial charge in [-0.05, 0) is 25.0 Å². The molecule has 1 rings (SSSR count). The highest BCUT2D eigenvalue weighted by atomic mass is 19.1. The lowest BCUT2D eigenvalue weighted by molar-refractivity contribution is 0.571. The lowest BCUT2D eigenvalue weighted by Gasteiger charge is -2.13. The zero-order chi connectivity index (χ0) is 7.56. The fourth-order valence-electron chi connectivity index (χ4n) is 1.16. The Labute approximate surface area is 60.6 Å². The predicted octanol–water partition coefficient (Wildman–Crippen LogP) is 2.13. The van der Waals surface area contributed by atoms with Gasteiger partial charge in [-0.15, -0.1) is 0 Å². The third kappa shape index (κ3) is 1.38. The van der Waals surface area contributed by atoms with Crippen molar-refractivity contribution in [3.05, 3.63) is 23.2 Å². The van der Waals surface area contributed by atoms with Gasteiger partial charge in [-0.2, -0.15) is 0 Å². The average Bonchev–Trinajstić information content (AvgIpc) is 1.88. The van der Waals surface area contributed by atoms with Crippen molar-refractivity contribution < 1.29 is 4.39 Å². The van der Waals surface area contributed by atoms with Gasteiger partial charge in [-0.3, -0.25) is 0 Å². The summed E-state index contributed by atoms with van der Waals surface area (Å²) in [5.41, 5.74) is 2.17. The van der Waals surface area contributed by atoms with E-state index in [1.165, 1.54) is 0 Å². The molecule has 0 saturated carbocycles. The largest absolute Gasteiger partial charge is 0.391 e. The zero-order valence-corrected chi connectivity index (χ0v) is 6.37. The van der Waals surface area contributed by atoms with Crippen LogP contribution in [0.25, 0.3) is 0 Å². The molecule has 0 amide bonds. The van der Waals surface area contributed by atoms with E-state index in [9.17, 15) is 4.39 Å². The summed E-state index contributed by atoms with van der Waals surface area (Å²) >= 11 is 0. The number of rotatable bonds is 1. The van der Waals surface area contributed by atoms with Crippen LogP contribution >= 0.6 is 0 Å². The Morgan fingerprint density at radius 1 is 1.50 bits per heavy atom. The Hall–Kier alpha value is -0.790. The summed E-state index contributed by atoms with van der Waals surface area (Å²) in [5, 5.41) is 3.04. The topological polar surface area (TPSA) is 12.0 Å². The molecule has 0 aromatic heterocycles. The average molecular weight is 141 g/mol.